The fourth-order valence-electron chi connectivity index (χ4n) is 3.09. The highest BCUT2D eigenvalue weighted by Crippen LogP contribution is 2.31. The second kappa shape index (κ2) is 5.54. The molecule has 2 aliphatic rings. The number of rotatable bonds is 5. The van der Waals surface area contributed by atoms with Gasteiger partial charge in [-0.15, -0.1) is 0 Å². The Morgan fingerprint density at radius 3 is 2.85 bits per heavy atom. The monoisotopic (exact) mass is 274 g/mol. The van der Waals surface area contributed by atoms with Crippen LogP contribution in [0.15, 0.2) is 24.3 Å². The molecule has 1 aromatic carbocycles. The second-order valence-electron chi connectivity index (χ2n) is 5.81. The van der Waals surface area contributed by atoms with Crippen molar-refractivity contribution in [2.45, 2.75) is 44.4 Å². The minimum atomic E-state index is -0.507. The molecule has 3 rings (SSSR count). The molecule has 0 spiro atoms. The number of carbonyl (C=O) groups excluding carboxylic acids is 1. The maximum absolute atomic E-state index is 12.2. The van der Waals surface area contributed by atoms with Crippen LogP contribution in [0.25, 0.3) is 0 Å². The first kappa shape index (κ1) is 13.6. The molecule has 0 bridgehead atoms. The van der Waals surface area contributed by atoms with Crippen LogP contribution in [-0.2, 0) is 11.2 Å². The lowest BCUT2D eigenvalue weighted by atomic mass is 10.1. The molecule has 2 aliphatic carbocycles. The molecular weight excluding hydrogens is 252 g/mol. The van der Waals surface area contributed by atoms with Crippen molar-refractivity contribution < 1.29 is 9.90 Å². The molecule has 0 aliphatic heterocycles. The lowest BCUT2D eigenvalue weighted by molar-refractivity contribution is -0.123. The Labute approximate surface area is 119 Å². The number of benzene rings is 1. The third-order valence-corrected chi connectivity index (χ3v) is 4.34. The van der Waals surface area contributed by atoms with E-state index in [1.165, 1.54) is 12.8 Å². The summed E-state index contributed by atoms with van der Waals surface area (Å²) >= 11 is 0. The average molecular weight is 274 g/mol. The van der Waals surface area contributed by atoms with Crippen LogP contribution in [0, 0.1) is 0 Å². The molecule has 108 valence electrons. The normalized spacial score (nSPS) is 24.8. The van der Waals surface area contributed by atoms with Crippen molar-refractivity contribution in [3.8, 4) is 0 Å². The minimum Gasteiger partial charge on any atom is -0.390 e. The first-order valence-corrected chi connectivity index (χ1v) is 7.48. The zero-order valence-corrected chi connectivity index (χ0v) is 11.9. The number of fused-ring (bicyclic) bond motifs is 1. The van der Waals surface area contributed by atoms with Crippen LogP contribution < -0.4 is 5.32 Å². The van der Waals surface area contributed by atoms with Crippen LogP contribution >= 0.6 is 0 Å². The van der Waals surface area contributed by atoms with Gasteiger partial charge in [-0.1, -0.05) is 31.2 Å². The van der Waals surface area contributed by atoms with Crippen LogP contribution in [0.3, 0.4) is 0 Å². The van der Waals surface area contributed by atoms with Gasteiger partial charge in [0.25, 0.3) is 0 Å². The Hall–Kier alpha value is -1.39. The van der Waals surface area contributed by atoms with Gasteiger partial charge >= 0.3 is 0 Å². The summed E-state index contributed by atoms with van der Waals surface area (Å²) in [6, 6.07) is 8.28. The number of nitrogens with zero attached hydrogens (tertiary/aromatic N) is 1. The maximum Gasteiger partial charge on any atom is 0.234 e. The highest BCUT2D eigenvalue weighted by atomic mass is 16.3. The Morgan fingerprint density at radius 2 is 2.15 bits per heavy atom. The summed E-state index contributed by atoms with van der Waals surface area (Å²) in [7, 11) is 0. The van der Waals surface area contributed by atoms with Gasteiger partial charge in [0.05, 0.1) is 18.7 Å². The molecule has 1 saturated carbocycles. The van der Waals surface area contributed by atoms with E-state index < -0.39 is 6.10 Å². The molecule has 2 unspecified atom stereocenters. The number of nitrogens with one attached hydrogen (secondary N) is 1. The molecule has 0 saturated heterocycles. The van der Waals surface area contributed by atoms with Crippen LogP contribution in [0.1, 0.15) is 36.9 Å². The highest BCUT2D eigenvalue weighted by molar-refractivity contribution is 5.79. The van der Waals surface area contributed by atoms with E-state index in [2.05, 4.69) is 17.1 Å². The molecular formula is C16H22N2O2. The van der Waals surface area contributed by atoms with E-state index in [-0.39, 0.29) is 11.9 Å². The van der Waals surface area contributed by atoms with Gasteiger partial charge < -0.3 is 10.4 Å². The molecule has 4 nitrogen and oxygen atoms in total. The number of aliphatic hydroxyl groups is 1. The summed E-state index contributed by atoms with van der Waals surface area (Å²) in [6.07, 6.45) is 2.53. The Balaban J connectivity index is 1.63. The minimum absolute atomic E-state index is 0.0134. The molecule has 20 heavy (non-hydrogen) atoms. The first-order chi connectivity index (χ1) is 9.69. The fraction of sp³-hybridized carbons (Fsp3) is 0.562. The van der Waals surface area contributed by atoms with E-state index in [9.17, 15) is 9.90 Å². The molecule has 0 aromatic heterocycles. The Bertz CT molecular complexity index is 499. The van der Waals surface area contributed by atoms with Crippen molar-refractivity contribution in [2.75, 3.05) is 13.1 Å². The van der Waals surface area contributed by atoms with Crippen LogP contribution in [0.4, 0.5) is 0 Å². The largest absolute Gasteiger partial charge is 0.390 e. The van der Waals surface area contributed by atoms with E-state index >= 15 is 0 Å². The number of hydrogen-bond acceptors (Lipinski definition) is 3. The van der Waals surface area contributed by atoms with E-state index in [0.29, 0.717) is 19.0 Å². The molecule has 1 amide bonds. The predicted molar refractivity (Wildman–Crippen MR) is 77.3 cm³/mol. The number of aliphatic hydroxyl groups excluding tert-OH is 1. The Morgan fingerprint density at radius 1 is 1.40 bits per heavy atom. The Kier molecular flexibility index (Phi) is 3.76. The molecule has 1 aromatic rings. The molecule has 1 fully saturated rings. The zero-order valence-electron chi connectivity index (χ0n) is 11.9. The summed E-state index contributed by atoms with van der Waals surface area (Å²) in [5.74, 6) is 0.0134. The van der Waals surface area contributed by atoms with Crippen molar-refractivity contribution in [2.24, 2.45) is 0 Å². The molecule has 2 atom stereocenters. The van der Waals surface area contributed by atoms with Gasteiger partial charge in [0.1, 0.15) is 0 Å². The van der Waals surface area contributed by atoms with Crippen LogP contribution in [0.5, 0.6) is 0 Å². The summed E-state index contributed by atoms with van der Waals surface area (Å²) in [4.78, 5) is 14.4. The predicted octanol–water partition coefficient (Wildman–Crippen LogP) is 1.25. The summed E-state index contributed by atoms with van der Waals surface area (Å²) < 4.78 is 0. The SMILES string of the molecule is CCN(CC(=O)NC1c2ccccc2CC1O)C1CC1. The highest BCUT2D eigenvalue weighted by Gasteiger charge is 2.33. The van der Waals surface area contributed by atoms with Gasteiger partial charge in [0.2, 0.25) is 5.91 Å². The smallest absolute Gasteiger partial charge is 0.234 e. The van der Waals surface area contributed by atoms with E-state index in [0.717, 1.165) is 17.7 Å². The van der Waals surface area contributed by atoms with Gasteiger partial charge in [-0.2, -0.15) is 0 Å². The lowest BCUT2D eigenvalue weighted by Crippen LogP contribution is -2.41. The van der Waals surface area contributed by atoms with Crippen molar-refractivity contribution in [1.82, 2.24) is 10.2 Å². The van der Waals surface area contributed by atoms with Gasteiger partial charge in [-0.05, 0) is 30.5 Å². The average Bonchev–Trinajstić information content (AvgIpc) is 3.23. The number of carbonyl (C=O) groups is 1. The van der Waals surface area contributed by atoms with E-state index in [1.54, 1.807) is 0 Å². The molecule has 4 heteroatoms. The number of hydrogen-bond donors (Lipinski definition) is 2. The molecule has 2 N–H and O–H groups in total. The maximum atomic E-state index is 12.2. The van der Waals surface area contributed by atoms with Gasteiger partial charge in [-0.25, -0.2) is 0 Å². The summed E-state index contributed by atoms with van der Waals surface area (Å²) in [5.41, 5.74) is 2.20. The van der Waals surface area contributed by atoms with Crippen molar-refractivity contribution >= 4 is 5.91 Å². The van der Waals surface area contributed by atoms with E-state index in [4.69, 9.17) is 0 Å². The van der Waals surface area contributed by atoms with Gasteiger partial charge in [0, 0.05) is 12.5 Å². The molecule has 0 heterocycles. The van der Waals surface area contributed by atoms with Crippen molar-refractivity contribution in [1.29, 1.82) is 0 Å². The summed E-state index contributed by atoms with van der Waals surface area (Å²) in [5, 5.41) is 13.1. The van der Waals surface area contributed by atoms with Gasteiger partial charge in [0.15, 0.2) is 0 Å². The van der Waals surface area contributed by atoms with E-state index in [1.807, 2.05) is 24.3 Å². The third kappa shape index (κ3) is 2.72. The third-order valence-electron chi connectivity index (χ3n) is 4.34. The fourth-order valence-corrected chi connectivity index (χ4v) is 3.09. The lowest BCUT2D eigenvalue weighted by Gasteiger charge is -2.22. The number of amides is 1. The van der Waals surface area contributed by atoms with Gasteiger partial charge in [-0.3, -0.25) is 9.69 Å². The van der Waals surface area contributed by atoms with Crippen molar-refractivity contribution in [3.05, 3.63) is 35.4 Å². The number of likely N-dealkylation sites (N-methyl/N-ethyl adjacent to an activating group) is 1. The standard InChI is InChI=1S/C16H22N2O2/c1-2-18(12-7-8-12)10-15(20)17-16-13-6-4-3-5-11(13)9-14(16)19/h3-6,12,14,16,19H,2,7-10H2,1H3,(H,17,20). The quantitative estimate of drug-likeness (QED) is 0.849. The van der Waals surface area contributed by atoms with Crippen LogP contribution in [0.2, 0.25) is 0 Å². The summed E-state index contributed by atoms with van der Waals surface area (Å²) in [6.45, 7) is 3.43. The van der Waals surface area contributed by atoms with Crippen LogP contribution in [-0.4, -0.2) is 41.1 Å². The first-order valence-electron chi connectivity index (χ1n) is 7.48. The zero-order chi connectivity index (χ0) is 14.1. The topological polar surface area (TPSA) is 52.6 Å². The molecule has 0 radical (unpaired) electrons. The second-order valence-corrected chi connectivity index (χ2v) is 5.81. The van der Waals surface area contributed by atoms with Crippen molar-refractivity contribution in [3.63, 3.8) is 0 Å².